The van der Waals surface area contributed by atoms with Crippen LogP contribution in [0.1, 0.15) is 5.56 Å². The lowest BCUT2D eigenvalue weighted by atomic mass is 10.2. The molecular formula is C7H10N2O3S. The van der Waals surface area contributed by atoms with Gasteiger partial charge in [-0.3, -0.25) is 4.72 Å². The van der Waals surface area contributed by atoms with Crippen molar-refractivity contribution < 1.29 is 13.5 Å². The highest BCUT2D eigenvalue weighted by Gasteiger charge is 2.06. The van der Waals surface area contributed by atoms with Crippen LogP contribution in [0.25, 0.3) is 0 Å². The average molecular weight is 202 g/mol. The molecule has 0 spiro atoms. The van der Waals surface area contributed by atoms with Crippen LogP contribution in [0, 0.1) is 6.92 Å². The number of anilines is 1. The number of hydrogen-bond acceptors (Lipinski definition) is 3. The highest BCUT2D eigenvalue weighted by molar-refractivity contribution is 7.90. The van der Waals surface area contributed by atoms with E-state index in [4.69, 9.17) is 5.14 Å². The topological polar surface area (TPSA) is 92.4 Å². The lowest BCUT2D eigenvalue weighted by molar-refractivity contribution is 0.471. The van der Waals surface area contributed by atoms with Gasteiger partial charge in [0.1, 0.15) is 5.75 Å². The Balaban J connectivity index is 3.10. The Hall–Kier alpha value is -1.27. The fourth-order valence-corrected chi connectivity index (χ4v) is 1.41. The van der Waals surface area contributed by atoms with E-state index in [0.717, 1.165) is 0 Å². The Kier molecular flexibility index (Phi) is 2.44. The predicted molar refractivity (Wildman–Crippen MR) is 49.6 cm³/mol. The molecule has 0 aliphatic carbocycles. The maximum absolute atomic E-state index is 10.6. The van der Waals surface area contributed by atoms with Crippen LogP contribution in [0.4, 0.5) is 5.69 Å². The van der Waals surface area contributed by atoms with Crippen LogP contribution in [0.5, 0.6) is 5.75 Å². The number of phenolic OH excluding ortho intramolecular Hbond substituents is 1. The second-order valence-electron chi connectivity index (χ2n) is 2.60. The van der Waals surface area contributed by atoms with Gasteiger partial charge in [0, 0.05) is 5.56 Å². The number of hydrogen-bond donors (Lipinski definition) is 3. The second-order valence-corrected chi connectivity index (χ2v) is 3.89. The van der Waals surface area contributed by atoms with E-state index in [9.17, 15) is 13.5 Å². The average Bonchev–Trinajstić information content (AvgIpc) is 1.96. The third kappa shape index (κ3) is 2.60. The first-order chi connectivity index (χ1) is 5.90. The van der Waals surface area contributed by atoms with E-state index in [-0.39, 0.29) is 11.4 Å². The van der Waals surface area contributed by atoms with Crippen molar-refractivity contribution in [2.75, 3.05) is 4.72 Å². The number of nitrogens with two attached hydrogens (primary N) is 1. The van der Waals surface area contributed by atoms with Gasteiger partial charge in [-0.25, -0.2) is 5.14 Å². The molecular weight excluding hydrogens is 192 g/mol. The highest BCUT2D eigenvalue weighted by atomic mass is 32.2. The number of rotatable bonds is 2. The molecule has 5 nitrogen and oxygen atoms in total. The molecule has 0 amide bonds. The summed E-state index contributed by atoms with van der Waals surface area (Å²) in [5.74, 6) is 0.0219. The van der Waals surface area contributed by atoms with Gasteiger partial charge in [0.15, 0.2) is 0 Å². The van der Waals surface area contributed by atoms with Crippen molar-refractivity contribution in [1.29, 1.82) is 0 Å². The Morgan fingerprint density at radius 2 is 2.08 bits per heavy atom. The van der Waals surface area contributed by atoms with E-state index < -0.39 is 10.2 Å². The van der Waals surface area contributed by atoms with Gasteiger partial charge in [-0.15, -0.1) is 0 Å². The number of nitrogens with one attached hydrogen (secondary N) is 1. The zero-order valence-electron chi connectivity index (χ0n) is 6.98. The van der Waals surface area contributed by atoms with Crippen molar-refractivity contribution in [3.05, 3.63) is 23.8 Å². The first-order valence-corrected chi connectivity index (χ1v) is 5.04. The van der Waals surface area contributed by atoms with Crippen LogP contribution in [-0.2, 0) is 10.2 Å². The normalized spacial score (nSPS) is 11.2. The van der Waals surface area contributed by atoms with E-state index in [2.05, 4.69) is 4.72 Å². The summed E-state index contributed by atoms with van der Waals surface area (Å²) in [5, 5.41) is 14.0. The standard InChI is InChI=1S/C7H10N2O3S/c1-5-6(9-13(8,11)12)3-2-4-7(5)10/h2-4,9-10H,1H3,(H2,8,11,12). The van der Waals surface area contributed by atoms with E-state index in [1.165, 1.54) is 18.2 Å². The van der Waals surface area contributed by atoms with Crippen molar-refractivity contribution in [3.8, 4) is 5.75 Å². The van der Waals surface area contributed by atoms with E-state index in [0.29, 0.717) is 5.56 Å². The van der Waals surface area contributed by atoms with Crippen LogP contribution >= 0.6 is 0 Å². The third-order valence-corrected chi connectivity index (χ3v) is 2.06. The molecule has 1 aromatic carbocycles. The number of phenols is 1. The maximum atomic E-state index is 10.6. The van der Waals surface area contributed by atoms with Gasteiger partial charge < -0.3 is 5.11 Å². The van der Waals surface area contributed by atoms with E-state index >= 15 is 0 Å². The van der Waals surface area contributed by atoms with Gasteiger partial charge in [-0.05, 0) is 19.1 Å². The minimum Gasteiger partial charge on any atom is -0.508 e. The SMILES string of the molecule is Cc1c(O)cccc1NS(N)(=O)=O. The maximum Gasteiger partial charge on any atom is 0.296 e. The van der Waals surface area contributed by atoms with Gasteiger partial charge in [-0.2, -0.15) is 8.42 Å². The summed E-state index contributed by atoms with van der Waals surface area (Å²) in [6.07, 6.45) is 0. The van der Waals surface area contributed by atoms with Crippen molar-refractivity contribution in [2.24, 2.45) is 5.14 Å². The zero-order valence-corrected chi connectivity index (χ0v) is 7.80. The molecule has 0 fully saturated rings. The lowest BCUT2D eigenvalue weighted by Crippen LogP contribution is -2.22. The van der Waals surface area contributed by atoms with Crippen LogP contribution in [0.3, 0.4) is 0 Å². The Morgan fingerprint density at radius 3 is 2.62 bits per heavy atom. The molecule has 0 aromatic heterocycles. The molecule has 0 saturated carbocycles. The van der Waals surface area contributed by atoms with Crippen molar-refractivity contribution in [1.82, 2.24) is 0 Å². The molecule has 13 heavy (non-hydrogen) atoms. The van der Waals surface area contributed by atoms with Crippen LogP contribution < -0.4 is 9.86 Å². The first kappa shape index (κ1) is 9.82. The monoisotopic (exact) mass is 202 g/mol. The molecule has 0 aliphatic rings. The smallest absolute Gasteiger partial charge is 0.296 e. The van der Waals surface area contributed by atoms with Crippen LogP contribution in [0.2, 0.25) is 0 Å². The molecule has 4 N–H and O–H groups in total. The van der Waals surface area contributed by atoms with Gasteiger partial charge in [-0.1, -0.05) is 6.07 Å². The molecule has 0 atom stereocenters. The summed E-state index contributed by atoms with van der Waals surface area (Å²) in [6.45, 7) is 1.59. The molecule has 0 heterocycles. The third-order valence-electron chi connectivity index (χ3n) is 1.56. The van der Waals surface area contributed by atoms with Crippen molar-refractivity contribution in [3.63, 3.8) is 0 Å². The fourth-order valence-electron chi connectivity index (χ4n) is 0.887. The highest BCUT2D eigenvalue weighted by Crippen LogP contribution is 2.23. The predicted octanol–water partition coefficient (Wildman–Crippen LogP) is 0.316. The molecule has 6 heteroatoms. The molecule has 0 bridgehead atoms. The summed E-state index contributed by atoms with van der Waals surface area (Å²) in [6, 6.07) is 4.50. The van der Waals surface area contributed by atoms with E-state index in [1.807, 2.05) is 0 Å². The minimum absolute atomic E-state index is 0.0219. The number of benzene rings is 1. The quantitative estimate of drug-likeness (QED) is 0.644. The fraction of sp³-hybridized carbons (Fsp3) is 0.143. The zero-order chi connectivity index (χ0) is 10.1. The second kappa shape index (κ2) is 3.23. The molecule has 1 aromatic rings. The molecule has 72 valence electrons. The van der Waals surface area contributed by atoms with Gasteiger partial charge in [0.2, 0.25) is 0 Å². The Labute approximate surface area is 76.4 Å². The summed E-state index contributed by atoms with van der Waals surface area (Å²) < 4.78 is 23.4. The Morgan fingerprint density at radius 1 is 1.46 bits per heavy atom. The van der Waals surface area contributed by atoms with Gasteiger partial charge in [0.05, 0.1) is 5.69 Å². The summed E-state index contributed by atoms with van der Waals surface area (Å²) in [4.78, 5) is 0. The van der Waals surface area contributed by atoms with Crippen molar-refractivity contribution in [2.45, 2.75) is 6.92 Å². The summed E-state index contributed by atoms with van der Waals surface area (Å²) in [5.41, 5.74) is 0.721. The first-order valence-electron chi connectivity index (χ1n) is 3.49. The minimum atomic E-state index is -3.78. The van der Waals surface area contributed by atoms with Crippen molar-refractivity contribution >= 4 is 15.9 Å². The summed E-state index contributed by atoms with van der Waals surface area (Å²) in [7, 11) is -3.78. The van der Waals surface area contributed by atoms with E-state index in [1.54, 1.807) is 6.92 Å². The summed E-state index contributed by atoms with van der Waals surface area (Å²) >= 11 is 0. The van der Waals surface area contributed by atoms with Gasteiger partial charge >= 0.3 is 0 Å². The van der Waals surface area contributed by atoms with Crippen LogP contribution in [0.15, 0.2) is 18.2 Å². The molecule has 0 aliphatic heterocycles. The largest absolute Gasteiger partial charge is 0.508 e. The molecule has 0 radical (unpaired) electrons. The van der Waals surface area contributed by atoms with Gasteiger partial charge in [0.25, 0.3) is 10.2 Å². The lowest BCUT2D eigenvalue weighted by Gasteiger charge is -2.07. The Bertz CT molecular complexity index is 414. The van der Waals surface area contributed by atoms with Crippen LogP contribution in [-0.4, -0.2) is 13.5 Å². The molecule has 0 unspecified atom stereocenters. The number of aromatic hydroxyl groups is 1. The molecule has 1 rings (SSSR count). The molecule has 0 saturated heterocycles.